The zero-order valence-electron chi connectivity index (χ0n) is 13.3. The van der Waals surface area contributed by atoms with Crippen molar-refractivity contribution in [3.63, 3.8) is 0 Å². The molecule has 2 amide bonds. The lowest BCUT2D eigenvalue weighted by Crippen LogP contribution is -2.22. The van der Waals surface area contributed by atoms with Crippen molar-refractivity contribution in [2.45, 2.75) is 20.4 Å². The summed E-state index contributed by atoms with van der Waals surface area (Å²) in [5.74, 6) is 0.452. The summed E-state index contributed by atoms with van der Waals surface area (Å²) in [5.41, 5.74) is 2.09. The van der Waals surface area contributed by atoms with Crippen LogP contribution in [0.4, 0.5) is 5.69 Å². The summed E-state index contributed by atoms with van der Waals surface area (Å²) in [4.78, 5) is 23.2. The van der Waals surface area contributed by atoms with Crippen molar-refractivity contribution in [2.75, 3.05) is 11.9 Å². The maximum atomic E-state index is 12.2. The molecular formula is C18H20N2O3. The quantitative estimate of drug-likeness (QED) is 0.861. The molecule has 2 N–H and O–H groups in total. The lowest BCUT2D eigenvalue weighted by Gasteiger charge is -2.08. The molecule has 0 unspecified atom stereocenters. The van der Waals surface area contributed by atoms with Gasteiger partial charge in [-0.3, -0.25) is 9.59 Å². The van der Waals surface area contributed by atoms with E-state index in [1.165, 1.54) is 6.92 Å². The second kappa shape index (κ2) is 7.98. The molecule has 0 fully saturated rings. The normalized spacial score (nSPS) is 10.0. The van der Waals surface area contributed by atoms with Crippen molar-refractivity contribution in [3.8, 4) is 5.75 Å². The molecule has 0 aliphatic carbocycles. The minimum Gasteiger partial charge on any atom is -0.494 e. The largest absolute Gasteiger partial charge is 0.494 e. The molecule has 0 aliphatic heterocycles. The van der Waals surface area contributed by atoms with Gasteiger partial charge in [-0.15, -0.1) is 0 Å². The molecule has 0 bridgehead atoms. The van der Waals surface area contributed by atoms with Crippen molar-refractivity contribution in [3.05, 3.63) is 59.7 Å². The molecule has 0 saturated carbocycles. The average molecular weight is 312 g/mol. The van der Waals surface area contributed by atoms with Crippen LogP contribution >= 0.6 is 0 Å². The third-order valence-corrected chi connectivity index (χ3v) is 3.13. The Bertz CT molecular complexity index is 681. The van der Waals surface area contributed by atoms with Crippen molar-refractivity contribution >= 4 is 17.5 Å². The van der Waals surface area contributed by atoms with Crippen molar-refractivity contribution in [2.24, 2.45) is 0 Å². The van der Waals surface area contributed by atoms with E-state index in [0.717, 1.165) is 11.3 Å². The Morgan fingerprint density at radius 2 is 1.83 bits per heavy atom. The molecule has 0 atom stereocenters. The molecule has 0 spiro atoms. The maximum absolute atomic E-state index is 12.2. The van der Waals surface area contributed by atoms with Gasteiger partial charge in [-0.1, -0.05) is 18.2 Å². The Morgan fingerprint density at radius 1 is 1.09 bits per heavy atom. The van der Waals surface area contributed by atoms with Crippen LogP contribution in [0.15, 0.2) is 48.5 Å². The lowest BCUT2D eigenvalue weighted by molar-refractivity contribution is -0.114. The molecule has 2 aromatic carbocycles. The van der Waals surface area contributed by atoms with Crippen LogP contribution in [-0.4, -0.2) is 18.4 Å². The third-order valence-electron chi connectivity index (χ3n) is 3.13. The van der Waals surface area contributed by atoms with Gasteiger partial charge in [-0.05, 0) is 42.8 Å². The first-order valence-electron chi connectivity index (χ1n) is 7.46. The summed E-state index contributed by atoms with van der Waals surface area (Å²) in [6.45, 7) is 4.41. The fourth-order valence-electron chi connectivity index (χ4n) is 2.10. The molecule has 0 aromatic heterocycles. The van der Waals surface area contributed by atoms with Crippen molar-refractivity contribution in [1.82, 2.24) is 5.32 Å². The number of benzene rings is 2. The number of carbonyl (C=O) groups excluding carboxylic acids is 2. The first-order valence-corrected chi connectivity index (χ1v) is 7.46. The van der Waals surface area contributed by atoms with Gasteiger partial charge < -0.3 is 15.4 Å². The molecule has 2 rings (SSSR count). The number of hydrogen-bond donors (Lipinski definition) is 2. The summed E-state index contributed by atoms with van der Waals surface area (Å²) in [7, 11) is 0. The zero-order valence-corrected chi connectivity index (χ0v) is 13.3. The minimum atomic E-state index is -0.189. The molecule has 5 heteroatoms. The molecule has 0 radical (unpaired) electrons. The van der Waals surface area contributed by atoms with Gasteiger partial charge in [-0.25, -0.2) is 0 Å². The zero-order chi connectivity index (χ0) is 16.7. The van der Waals surface area contributed by atoms with Gasteiger partial charge in [0.2, 0.25) is 5.91 Å². The second-order valence-electron chi connectivity index (χ2n) is 5.02. The van der Waals surface area contributed by atoms with E-state index in [2.05, 4.69) is 10.6 Å². The predicted octanol–water partition coefficient (Wildman–Crippen LogP) is 2.97. The number of carbonyl (C=O) groups is 2. The highest BCUT2D eigenvalue weighted by Crippen LogP contribution is 2.13. The highest BCUT2D eigenvalue weighted by molar-refractivity contribution is 5.96. The van der Waals surface area contributed by atoms with Crippen LogP contribution < -0.4 is 15.4 Å². The fourth-order valence-corrected chi connectivity index (χ4v) is 2.10. The van der Waals surface area contributed by atoms with E-state index >= 15 is 0 Å². The van der Waals surface area contributed by atoms with Gasteiger partial charge in [0.15, 0.2) is 0 Å². The van der Waals surface area contributed by atoms with E-state index in [1.807, 2.05) is 31.2 Å². The Morgan fingerprint density at radius 3 is 2.48 bits per heavy atom. The van der Waals surface area contributed by atoms with Crippen molar-refractivity contribution in [1.29, 1.82) is 0 Å². The fraction of sp³-hybridized carbons (Fsp3) is 0.222. The molecular weight excluding hydrogens is 292 g/mol. The van der Waals surface area contributed by atoms with Gasteiger partial charge in [-0.2, -0.15) is 0 Å². The van der Waals surface area contributed by atoms with E-state index in [-0.39, 0.29) is 11.8 Å². The smallest absolute Gasteiger partial charge is 0.251 e. The van der Waals surface area contributed by atoms with Crippen molar-refractivity contribution < 1.29 is 14.3 Å². The van der Waals surface area contributed by atoms with Crippen LogP contribution in [0.3, 0.4) is 0 Å². The van der Waals surface area contributed by atoms with E-state index in [9.17, 15) is 9.59 Å². The lowest BCUT2D eigenvalue weighted by atomic mass is 10.1. The van der Waals surface area contributed by atoms with Gasteiger partial charge in [0.05, 0.1) is 6.61 Å². The standard InChI is InChI=1S/C18H20N2O3/c1-3-23-17-9-7-14(8-10-17)12-19-18(22)15-5-4-6-16(11-15)20-13(2)21/h4-11H,3,12H2,1-2H3,(H,19,22)(H,20,21). The number of nitrogens with one attached hydrogen (secondary N) is 2. The van der Waals surface area contributed by atoms with E-state index in [0.29, 0.717) is 24.4 Å². The average Bonchev–Trinajstić information content (AvgIpc) is 2.54. The van der Waals surface area contributed by atoms with Crippen LogP contribution in [0.25, 0.3) is 0 Å². The molecule has 120 valence electrons. The minimum absolute atomic E-state index is 0.169. The van der Waals surface area contributed by atoms with E-state index in [4.69, 9.17) is 4.74 Å². The molecule has 0 heterocycles. The first-order chi connectivity index (χ1) is 11.1. The van der Waals surface area contributed by atoms with Crippen LogP contribution in [0.1, 0.15) is 29.8 Å². The van der Waals surface area contributed by atoms with Crippen LogP contribution in [0.5, 0.6) is 5.75 Å². The molecule has 0 aliphatic rings. The van der Waals surface area contributed by atoms with Gasteiger partial charge in [0.1, 0.15) is 5.75 Å². The Hall–Kier alpha value is -2.82. The Balaban J connectivity index is 1.95. The van der Waals surface area contributed by atoms with E-state index < -0.39 is 0 Å². The maximum Gasteiger partial charge on any atom is 0.251 e. The number of ether oxygens (including phenoxy) is 1. The van der Waals surface area contributed by atoms with Gasteiger partial charge >= 0.3 is 0 Å². The highest BCUT2D eigenvalue weighted by atomic mass is 16.5. The van der Waals surface area contributed by atoms with E-state index in [1.54, 1.807) is 24.3 Å². The summed E-state index contributed by atoms with van der Waals surface area (Å²) >= 11 is 0. The Labute approximate surface area is 135 Å². The number of amides is 2. The van der Waals surface area contributed by atoms with Crippen LogP contribution in [0, 0.1) is 0 Å². The molecule has 5 nitrogen and oxygen atoms in total. The number of rotatable bonds is 6. The molecule has 0 saturated heterocycles. The Kier molecular flexibility index (Phi) is 5.74. The number of anilines is 1. The summed E-state index contributed by atoms with van der Waals surface area (Å²) in [6, 6.07) is 14.4. The van der Waals surface area contributed by atoms with Crippen LogP contribution in [-0.2, 0) is 11.3 Å². The SMILES string of the molecule is CCOc1ccc(CNC(=O)c2cccc(NC(C)=O)c2)cc1. The first kappa shape index (κ1) is 16.5. The molecule has 2 aromatic rings. The van der Waals surface area contributed by atoms with Crippen LogP contribution in [0.2, 0.25) is 0 Å². The third kappa shape index (κ3) is 5.14. The summed E-state index contributed by atoms with van der Waals surface area (Å²) in [6.07, 6.45) is 0. The second-order valence-corrected chi connectivity index (χ2v) is 5.02. The van der Waals surface area contributed by atoms with Gasteiger partial charge in [0.25, 0.3) is 5.91 Å². The molecule has 23 heavy (non-hydrogen) atoms. The predicted molar refractivity (Wildman–Crippen MR) is 89.5 cm³/mol. The van der Waals surface area contributed by atoms with Gasteiger partial charge in [0, 0.05) is 24.7 Å². The summed E-state index contributed by atoms with van der Waals surface area (Å²) < 4.78 is 5.38. The summed E-state index contributed by atoms with van der Waals surface area (Å²) in [5, 5.41) is 5.51. The highest BCUT2D eigenvalue weighted by Gasteiger charge is 2.06. The monoisotopic (exact) mass is 312 g/mol. The number of hydrogen-bond acceptors (Lipinski definition) is 3. The topological polar surface area (TPSA) is 67.4 Å².